The third kappa shape index (κ3) is 2.06. The first kappa shape index (κ1) is 9.70. The minimum Gasteiger partial charge on any atom is -0.344 e. The molecule has 68 valence electrons. The van der Waals surface area contributed by atoms with Gasteiger partial charge in [0.15, 0.2) is 0 Å². The Morgan fingerprint density at radius 1 is 1.42 bits per heavy atom. The van der Waals surface area contributed by atoms with Crippen LogP contribution in [0.3, 0.4) is 0 Å². The number of halogens is 1. The van der Waals surface area contributed by atoms with Gasteiger partial charge in [0, 0.05) is 26.2 Å². The molecule has 1 aromatic heterocycles. The van der Waals surface area contributed by atoms with E-state index in [9.17, 15) is 0 Å². The third-order valence-electron chi connectivity index (χ3n) is 1.74. The van der Waals surface area contributed by atoms with Gasteiger partial charge in [0.25, 0.3) is 0 Å². The quantitative estimate of drug-likeness (QED) is 0.721. The van der Waals surface area contributed by atoms with Crippen LogP contribution in [0.4, 0.5) is 5.13 Å². The number of aromatic nitrogens is 2. The normalized spacial score (nSPS) is 17.2. The van der Waals surface area contributed by atoms with Crippen LogP contribution >= 0.6 is 23.7 Å². The van der Waals surface area contributed by atoms with Crippen LogP contribution in [0.2, 0.25) is 0 Å². The summed E-state index contributed by atoms with van der Waals surface area (Å²) in [6.45, 7) is 4.21. The number of nitrogens with one attached hydrogen (secondary N) is 1. The zero-order valence-electron chi connectivity index (χ0n) is 6.56. The van der Waals surface area contributed by atoms with Gasteiger partial charge in [-0.05, 0) is 0 Å². The van der Waals surface area contributed by atoms with Crippen LogP contribution in [-0.4, -0.2) is 36.4 Å². The molecular weight excluding hydrogens is 196 g/mol. The van der Waals surface area contributed by atoms with Crippen molar-refractivity contribution in [2.75, 3.05) is 31.1 Å². The maximum Gasteiger partial charge on any atom is 0.208 e. The highest BCUT2D eigenvalue weighted by Gasteiger charge is 2.11. The van der Waals surface area contributed by atoms with Crippen molar-refractivity contribution in [3.63, 3.8) is 0 Å². The second kappa shape index (κ2) is 4.59. The van der Waals surface area contributed by atoms with Gasteiger partial charge in [-0.15, -0.1) is 22.6 Å². The summed E-state index contributed by atoms with van der Waals surface area (Å²) in [6, 6.07) is 0. The average molecular weight is 207 g/mol. The van der Waals surface area contributed by atoms with Gasteiger partial charge in [-0.2, -0.15) is 0 Å². The Hall–Kier alpha value is -0.390. The Kier molecular flexibility index (Phi) is 3.71. The van der Waals surface area contributed by atoms with Gasteiger partial charge in [0.05, 0.1) is 0 Å². The lowest BCUT2D eigenvalue weighted by Gasteiger charge is -2.26. The van der Waals surface area contributed by atoms with Crippen molar-refractivity contribution >= 4 is 28.9 Å². The van der Waals surface area contributed by atoms with E-state index in [1.807, 2.05) is 0 Å². The lowest BCUT2D eigenvalue weighted by atomic mass is 10.4. The zero-order chi connectivity index (χ0) is 7.52. The second-order valence-corrected chi connectivity index (χ2v) is 3.27. The summed E-state index contributed by atoms with van der Waals surface area (Å²) < 4.78 is 0. The van der Waals surface area contributed by atoms with Crippen molar-refractivity contribution in [3.8, 4) is 0 Å². The van der Waals surface area contributed by atoms with Crippen LogP contribution in [0.1, 0.15) is 0 Å². The highest BCUT2D eigenvalue weighted by molar-refractivity contribution is 7.13. The minimum absolute atomic E-state index is 0. The van der Waals surface area contributed by atoms with Crippen LogP contribution in [0.25, 0.3) is 0 Å². The SMILES string of the molecule is Cl.c1nnc(N2CCNCC2)s1. The van der Waals surface area contributed by atoms with Crippen molar-refractivity contribution in [1.82, 2.24) is 15.5 Å². The second-order valence-electron chi connectivity index (χ2n) is 2.46. The Balaban J connectivity index is 0.000000720. The molecule has 0 spiro atoms. The summed E-state index contributed by atoms with van der Waals surface area (Å²) >= 11 is 1.61. The average Bonchev–Trinajstić information content (AvgIpc) is 2.58. The van der Waals surface area contributed by atoms with Crippen molar-refractivity contribution < 1.29 is 0 Å². The molecule has 0 unspecified atom stereocenters. The number of rotatable bonds is 1. The van der Waals surface area contributed by atoms with Gasteiger partial charge in [-0.1, -0.05) is 11.3 Å². The molecule has 1 aromatic rings. The predicted molar refractivity (Wildman–Crippen MR) is 52.2 cm³/mol. The molecule has 6 heteroatoms. The number of nitrogens with zero attached hydrogens (tertiary/aromatic N) is 3. The maximum atomic E-state index is 4.01. The van der Waals surface area contributed by atoms with E-state index >= 15 is 0 Å². The van der Waals surface area contributed by atoms with Gasteiger partial charge < -0.3 is 10.2 Å². The predicted octanol–water partition coefficient (Wildman–Crippen LogP) is 0.369. The summed E-state index contributed by atoms with van der Waals surface area (Å²) in [7, 11) is 0. The fourth-order valence-corrected chi connectivity index (χ4v) is 1.78. The van der Waals surface area contributed by atoms with E-state index in [1.54, 1.807) is 16.8 Å². The topological polar surface area (TPSA) is 41.1 Å². The third-order valence-corrected chi connectivity index (χ3v) is 2.49. The molecule has 1 saturated heterocycles. The summed E-state index contributed by atoms with van der Waals surface area (Å²) in [6.07, 6.45) is 0. The first-order chi connectivity index (χ1) is 5.47. The fourth-order valence-electron chi connectivity index (χ4n) is 1.16. The van der Waals surface area contributed by atoms with Crippen LogP contribution in [0.5, 0.6) is 0 Å². The number of anilines is 1. The molecule has 0 atom stereocenters. The minimum atomic E-state index is 0. The van der Waals surface area contributed by atoms with Gasteiger partial charge in [0.2, 0.25) is 5.13 Å². The number of hydrogen-bond acceptors (Lipinski definition) is 5. The van der Waals surface area contributed by atoms with Gasteiger partial charge in [-0.25, -0.2) is 0 Å². The van der Waals surface area contributed by atoms with E-state index in [1.165, 1.54) is 0 Å². The Bertz CT molecular complexity index is 209. The molecule has 0 aromatic carbocycles. The lowest BCUT2D eigenvalue weighted by Crippen LogP contribution is -2.43. The molecular formula is C6H11ClN4S. The molecule has 0 bridgehead atoms. The Labute approximate surface area is 81.4 Å². The first-order valence-corrected chi connectivity index (χ1v) is 4.56. The number of hydrogen-bond donors (Lipinski definition) is 1. The molecule has 1 aliphatic rings. The van der Waals surface area contributed by atoms with Crippen molar-refractivity contribution in [1.29, 1.82) is 0 Å². The molecule has 1 aliphatic heterocycles. The first-order valence-electron chi connectivity index (χ1n) is 3.68. The fraction of sp³-hybridized carbons (Fsp3) is 0.667. The van der Waals surface area contributed by atoms with E-state index in [2.05, 4.69) is 20.4 Å². The summed E-state index contributed by atoms with van der Waals surface area (Å²) in [5.74, 6) is 0. The molecule has 2 rings (SSSR count). The van der Waals surface area contributed by atoms with Gasteiger partial charge >= 0.3 is 0 Å². The molecule has 0 saturated carbocycles. The molecule has 2 heterocycles. The standard InChI is InChI=1S/C6H10N4S.ClH/c1-3-10(4-2-7-1)6-9-8-5-11-6;/h5,7H,1-4H2;1H. The smallest absolute Gasteiger partial charge is 0.208 e. The summed E-state index contributed by atoms with van der Waals surface area (Å²) in [5, 5.41) is 12.1. The van der Waals surface area contributed by atoms with E-state index < -0.39 is 0 Å². The molecule has 1 N–H and O–H groups in total. The van der Waals surface area contributed by atoms with Crippen molar-refractivity contribution in [2.24, 2.45) is 0 Å². The van der Waals surface area contributed by atoms with Crippen LogP contribution in [-0.2, 0) is 0 Å². The molecule has 0 radical (unpaired) electrons. The van der Waals surface area contributed by atoms with Gasteiger partial charge in [-0.3, -0.25) is 0 Å². The maximum absolute atomic E-state index is 4.01. The zero-order valence-corrected chi connectivity index (χ0v) is 8.20. The molecule has 1 fully saturated rings. The molecule has 0 amide bonds. The van der Waals surface area contributed by atoms with Crippen LogP contribution in [0.15, 0.2) is 5.51 Å². The van der Waals surface area contributed by atoms with Crippen LogP contribution in [0, 0.1) is 0 Å². The Morgan fingerprint density at radius 3 is 2.75 bits per heavy atom. The molecule has 0 aliphatic carbocycles. The van der Waals surface area contributed by atoms with Gasteiger partial charge in [0.1, 0.15) is 5.51 Å². The molecule has 4 nitrogen and oxygen atoms in total. The van der Waals surface area contributed by atoms with E-state index in [0.717, 1.165) is 31.3 Å². The highest BCUT2D eigenvalue weighted by Crippen LogP contribution is 2.15. The Morgan fingerprint density at radius 2 is 2.17 bits per heavy atom. The monoisotopic (exact) mass is 206 g/mol. The largest absolute Gasteiger partial charge is 0.344 e. The summed E-state index contributed by atoms with van der Waals surface area (Å²) in [4.78, 5) is 2.26. The van der Waals surface area contributed by atoms with Crippen molar-refractivity contribution in [2.45, 2.75) is 0 Å². The van der Waals surface area contributed by atoms with Crippen molar-refractivity contribution in [3.05, 3.63) is 5.51 Å². The lowest BCUT2D eigenvalue weighted by molar-refractivity contribution is 0.587. The highest BCUT2D eigenvalue weighted by atomic mass is 35.5. The number of piperazine rings is 1. The van der Waals surface area contributed by atoms with E-state index in [4.69, 9.17) is 0 Å². The van der Waals surface area contributed by atoms with E-state index in [-0.39, 0.29) is 12.4 Å². The molecule has 12 heavy (non-hydrogen) atoms. The van der Waals surface area contributed by atoms with E-state index in [0.29, 0.717) is 0 Å². The van der Waals surface area contributed by atoms with Crippen LogP contribution < -0.4 is 10.2 Å². The summed E-state index contributed by atoms with van der Waals surface area (Å²) in [5.41, 5.74) is 1.78.